The maximum atomic E-state index is 13.9. The lowest BCUT2D eigenvalue weighted by Gasteiger charge is -2.36. The summed E-state index contributed by atoms with van der Waals surface area (Å²) in [5, 5.41) is 3.93. The molecule has 0 atom stereocenters. The van der Waals surface area contributed by atoms with Gasteiger partial charge in [0, 0.05) is 68.7 Å². The maximum absolute atomic E-state index is 13.9. The van der Waals surface area contributed by atoms with Crippen LogP contribution in [0.2, 0.25) is 0 Å². The molecule has 1 aliphatic rings. The summed E-state index contributed by atoms with van der Waals surface area (Å²) in [6.45, 7) is 7.14. The van der Waals surface area contributed by atoms with Gasteiger partial charge in [0.1, 0.15) is 9.79 Å². The summed E-state index contributed by atoms with van der Waals surface area (Å²) in [6, 6.07) is 11.0. The van der Waals surface area contributed by atoms with Gasteiger partial charge in [-0.25, -0.2) is 26.3 Å². The molecule has 0 amide bonds. The van der Waals surface area contributed by atoms with Crippen LogP contribution in [0.5, 0.6) is 0 Å². The standard InChI is InChI=1S/C29H44N6O4S4/c1-5-34(17-14-32(2)3)26-22-27(35-18-15-33(4)16-19-35)29(43(38,39)31-13-11-25-9-7-21-41-25)23-28(26)42(36,37)30-12-10-24-8-6-20-40-24/h6-9,20-23,30-31H,5,10-19H2,1-4H3. The van der Waals surface area contributed by atoms with Crippen molar-refractivity contribution in [2.75, 3.05) is 89.8 Å². The van der Waals surface area contributed by atoms with E-state index in [9.17, 15) is 16.8 Å². The summed E-state index contributed by atoms with van der Waals surface area (Å²) in [4.78, 5) is 10.5. The van der Waals surface area contributed by atoms with Gasteiger partial charge in [-0.2, -0.15) is 0 Å². The second kappa shape index (κ2) is 15.3. The summed E-state index contributed by atoms with van der Waals surface area (Å²) in [7, 11) is -2.09. The molecule has 1 saturated heterocycles. The first kappa shape index (κ1) is 33.8. The average Bonchev–Trinajstić information content (AvgIpc) is 3.68. The largest absolute Gasteiger partial charge is 0.369 e. The molecule has 10 nitrogen and oxygen atoms in total. The van der Waals surface area contributed by atoms with Crippen molar-refractivity contribution >= 4 is 54.1 Å². The van der Waals surface area contributed by atoms with Crippen LogP contribution in [-0.4, -0.2) is 107 Å². The molecule has 2 N–H and O–H groups in total. The molecule has 0 spiro atoms. The van der Waals surface area contributed by atoms with E-state index in [4.69, 9.17) is 0 Å². The molecule has 3 aromatic rings. The third-order valence-electron chi connectivity index (χ3n) is 7.49. The van der Waals surface area contributed by atoms with E-state index in [2.05, 4.69) is 19.2 Å². The summed E-state index contributed by atoms with van der Waals surface area (Å²) in [5.74, 6) is 0. The molecule has 0 aliphatic carbocycles. The third kappa shape index (κ3) is 9.24. The number of rotatable bonds is 16. The Labute approximate surface area is 265 Å². The van der Waals surface area contributed by atoms with E-state index < -0.39 is 20.0 Å². The molecule has 0 bridgehead atoms. The first-order valence-corrected chi connectivity index (χ1v) is 19.3. The Morgan fingerprint density at radius 2 is 1.37 bits per heavy atom. The van der Waals surface area contributed by atoms with Crippen LogP contribution in [0.15, 0.2) is 56.9 Å². The Morgan fingerprint density at radius 3 is 1.86 bits per heavy atom. The lowest BCUT2D eigenvalue weighted by Crippen LogP contribution is -2.45. The number of benzene rings is 1. The highest BCUT2D eigenvalue weighted by Gasteiger charge is 2.31. The van der Waals surface area contributed by atoms with Crippen molar-refractivity contribution in [3.05, 3.63) is 56.9 Å². The molecule has 1 fully saturated rings. The fraction of sp³-hybridized carbons (Fsp3) is 0.517. The molecule has 43 heavy (non-hydrogen) atoms. The fourth-order valence-electron chi connectivity index (χ4n) is 4.96. The second-order valence-corrected chi connectivity index (χ2v) is 16.5. The van der Waals surface area contributed by atoms with Crippen molar-refractivity contribution in [3.63, 3.8) is 0 Å². The number of thiophene rings is 2. The van der Waals surface area contributed by atoms with Crippen LogP contribution in [-0.2, 0) is 32.9 Å². The lowest BCUT2D eigenvalue weighted by atomic mass is 10.2. The molecule has 0 radical (unpaired) electrons. The number of hydrogen-bond donors (Lipinski definition) is 2. The molecule has 3 heterocycles. The minimum atomic E-state index is -4.05. The molecule has 1 aliphatic heterocycles. The number of likely N-dealkylation sites (N-methyl/N-ethyl adjacent to an activating group) is 3. The molecular weight excluding hydrogens is 625 g/mol. The number of sulfonamides is 2. The molecule has 0 saturated carbocycles. The SMILES string of the molecule is CCN(CCN(C)C)c1cc(N2CCN(C)CC2)c(S(=O)(=O)NCCc2cccs2)cc1S(=O)(=O)NCCc1cccs1. The number of nitrogens with one attached hydrogen (secondary N) is 2. The predicted molar refractivity (Wildman–Crippen MR) is 179 cm³/mol. The number of piperazine rings is 1. The highest BCUT2D eigenvalue weighted by molar-refractivity contribution is 7.90. The van der Waals surface area contributed by atoms with Crippen LogP contribution in [0, 0.1) is 0 Å². The molecule has 0 unspecified atom stereocenters. The molecule has 1 aromatic carbocycles. The molecule has 238 valence electrons. The number of anilines is 2. The Kier molecular flexibility index (Phi) is 12.0. The van der Waals surface area contributed by atoms with Crippen LogP contribution in [0.4, 0.5) is 11.4 Å². The third-order valence-corrected chi connectivity index (χ3v) is 12.3. The van der Waals surface area contributed by atoms with E-state index in [0.717, 1.165) is 22.8 Å². The van der Waals surface area contributed by atoms with Gasteiger partial charge in [0.2, 0.25) is 20.0 Å². The smallest absolute Gasteiger partial charge is 0.242 e. The highest BCUT2D eigenvalue weighted by Crippen LogP contribution is 2.37. The summed E-state index contributed by atoms with van der Waals surface area (Å²) in [5.41, 5.74) is 1.05. The van der Waals surface area contributed by atoms with E-state index in [0.29, 0.717) is 56.9 Å². The van der Waals surface area contributed by atoms with Crippen molar-refractivity contribution in [1.29, 1.82) is 0 Å². The van der Waals surface area contributed by atoms with Crippen LogP contribution in [0.3, 0.4) is 0 Å². The van der Waals surface area contributed by atoms with Crippen LogP contribution < -0.4 is 19.2 Å². The van der Waals surface area contributed by atoms with Gasteiger partial charge in [-0.1, -0.05) is 12.1 Å². The summed E-state index contributed by atoms with van der Waals surface area (Å²) >= 11 is 3.16. The molecular formula is C29H44N6O4S4. The maximum Gasteiger partial charge on any atom is 0.242 e. The van der Waals surface area contributed by atoms with E-state index >= 15 is 0 Å². The van der Waals surface area contributed by atoms with E-state index in [-0.39, 0.29) is 22.9 Å². The van der Waals surface area contributed by atoms with Crippen molar-refractivity contribution < 1.29 is 16.8 Å². The quantitative estimate of drug-likeness (QED) is 0.240. The summed E-state index contributed by atoms with van der Waals surface area (Å²) in [6.07, 6.45) is 1.11. The monoisotopic (exact) mass is 668 g/mol. The van der Waals surface area contributed by atoms with Crippen molar-refractivity contribution in [2.45, 2.75) is 29.6 Å². The van der Waals surface area contributed by atoms with Crippen LogP contribution in [0.1, 0.15) is 16.7 Å². The Bertz CT molecular complexity index is 1500. The molecule has 2 aromatic heterocycles. The second-order valence-electron chi connectivity index (χ2n) is 10.9. The van der Waals surface area contributed by atoms with Gasteiger partial charge in [0.15, 0.2) is 0 Å². The van der Waals surface area contributed by atoms with E-state index in [1.807, 2.05) is 72.9 Å². The highest BCUT2D eigenvalue weighted by atomic mass is 32.2. The van der Waals surface area contributed by atoms with Crippen LogP contribution >= 0.6 is 22.7 Å². The van der Waals surface area contributed by atoms with Gasteiger partial charge in [-0.15, -0.1) is 22.7 Å². The first-order chi connectivity index (χ1) is 20.5. The fourth-order valence-corrected chi connectivity index (χ4v) is 8.98. The average molecular weight is 669 g/mol. The normalized spacial score (nSPS) is 15.0. The predicted octanol–water partition coefficient (Wildman–Crippen LogP) is 2.99. The van der Waals surface area contributed by atoms with E-state index in [1.54, 1.807) is 28.7 Å². The van der Waals surface area contributed by atoms with Gasteiger partial charge in [0.05, 0.1) is 11.4 Å². The lowest BCUT2D eigenvalue weighted by molar-refractivity contribution is 0.312. The van der Waals surface area contributed by atoms with Gasteiger partial charge < -0.3 is 19.6 Å². The minimum absolute atomic E-state index is 0.00530. The topological polar surface area (TPSA) is 105 Å². The minimum Gasteiger partial charge on any atom is -0.369 e. The molecule has 14 heteroatoms. The first-order valence-electron chi connectivity index (χ1n) is 14.6. The van der Waals surface area contributed by atoms with Gasteiger partial charge in [0.25, 0.3) is 0 Å². The zero-order valence-corrected chi connectivity index (χ0v) is 28.7. The van der Waals surface area contributed by atoms with Crippen molar-refractivity contribution in [3.8, 4) is 0 Å². The van der Waals surface area contributed by atoms with Gasteiger partial charge >= 0.3 is 0 Å². The summed E-state index contributed by atoms with van der Waals surface area (Å²) < 4.78 is 61.2. The van der Waals surface area contributed by atoms with Crippen LogP contribution in [0.25, 0.3) is 0 Å². The molecule has 4 rings (SSSR count). The Morgan fingerprint density at radius 1 is 0.814 bits per heavy atom. The number of hydrogen-bond acceptors (Lipinski definition) is 10. The zero-order chi connectivity index (χ0) is 31.0. The van der Waals surface area contributed by atoms with Gasteiger partial charge in [-0.05, 0) is 75.9 Å². The van der Waals surface area contributed by atoms with Crippen molar-refractivity contribution in [2.24, 2.45) is 0 Å². The van der Waals surface area contributed by atoms with Gasteiger partial charge in [-0.3, -0.25) is 0 Å². The zero-order valence-electron chi connectivity index (χ0n) is 25.5. The van der Waals surface area contributed by atoms with Crippen molar-refractivity contribution in [1.82, 2.24) is 19.2 Å². The van der Waals surface area contributed by atoms with E-state index in [1.165, 1.54) is 6.07 Å². The Balaban J connectivity index is 1.77. The number of nitrogens with zero attached hydrogens (tertiary/aromatic N) is 4. The Hall–Kier alpha value is -2.04.